The highest BCUT2D eigenvalue weighted by atomic mass is 32.2. The third-order valence-corrected chi connectivity index (χ3v) is 14.8. The van der Waals surface area contributed by atoms with Crippen LogP contribution in [-0.4, -0.2) is 58.0 Å². The third kappa shape index (κ3) is 5.09. The molecule has 9 heteroatoms. The zero-order valence-corrected chi connectivity index (χ0v) is 26.2. The van der Waals surface area contributed by atoms with E-state index in [1.807, 2.05) is 13.0 Å². The van der Waals surface area contributed by atoms with E-state index in [1.165, 1.54) is 19.3 Å². The first-order chi connectivity index (χ1) is 19.3. The molecule has 0 bridgehead atoms. The summed E-state index contributed by atoms with van der Waals surface area (Å²) in [7, 11) is -3.05. The molecule has 0 radical (unpaired) electrons. The average Bonchev–Trinajstić information content (AvgIpc) is 3.58. The summed E-state index contributed by atoms with van der Waals surface area (Å²) in [5.41, 5.74) is 0.887. The van der Waals surface area contributed by atoms with Gasteiger partial charge in [0.25, 0.3) is 0 Å². The Bertz CT molecular complexity index is 1260. The highest BCUT2D eigenvalue weighted by Gasteiger charge is 2.63. The van der Waals surface area contributed by atoms with Gasteiger partial charge in [-0.1, -0.05) is 20.8 Å². The van der Waals surface area contributed by atoms with Gasteiger partial charge in [0.15, 0.2) is 9.84 Å². The van der Waals surface area contributed by atoms with Crippen LogP contribution in [0.2, 0.25) is 0 Å². The van der Waals surface area contributed by atoms with Crippen LogP contribution < -0.4 is 5.32 Å². The van der Waals surface area contributed by atoms with Gasteiger partial charge in [-0.05, 0) is 117 Å². The highest BCUT2D eigenvalue weighted by Crippen LogP contribution is 2.68. The lowest BCUT2D eigenvalue weighted by Gasteiger charge is -2.62. The maximum atomic E-state index is 13.1. The van der Waals surface area contributed by atoms with E-state index in [9.17, 15) is 23.4 Å². The molecule has 1 amide bonds. The summed E-state index contributed by atoms with van der Waals surface area (Å²) in [6.07, 6.45) is 9.73. The van der Waals surface area contributed by atoms with Crippen molar-refractivity contribution in [3.05, 3.63) is 11.8 Å². The molecule has 1 saturated heterocycles. The number of nitrogens with zero attached hydrogens (tertiary/aromatic N) is 2. The zero-order chi connectivity index (χ0) is 29.3. The van der Waals surface area contributed by atoms with E-state index in [4.69, 9.17) is 0 Å². The van der Waals surface area contributed by atoms with Crippen LogP contribution in [0.25, 0.3) is 0 Å². The first kappa shape index (κ1) is 29.6. The summed E-state index contributed by atoms with van der Waals surface area (Å²) in [6.45, 7) is 8.94. The van der Waals surface area contributed by atoms with Crippen molar-refractivity contribution in [2.45, 2.75) is 117 Å². The molecule has 8 nitrogen and oxygen atoms in total. The molecule has 2 heterocycles. The van der Waals surface area contributed by atoms with Gasteiger partial charge in [0, 0.05) is 12.5 Å². The van der Waals surface area contributed by atoms with E-state index in [0.717, 1.165) is 44.2 Å². The molecule has 230 valence electrons. The summed E-state index contributed by atoms with van der Waals surface area (Å²) >= 11 is 0. The van der Waals surface area contributed by atoms with Crippen molar-refractivity contribution in [2.24, 2.45) is 46.3 Å². The second-order valence-corrected chi connectivity index (χ2v) is 17.4. The summed E-state index contributed by atoms with van der Waals surface area (Å²) in [6, 6.07) is 1.59. The number of sulfone groups is 1. The van der Waals surface area contributed by atoms with E-state index in [1.54, 1.807) is 4.68 Å². The van der Waals surface area contributed by atoms with Crippen molar-refractivity contribution in [3.8, 4) is 0 Å². The smallest absolute Gasteiger partial charge is 0.225 e. The average molecular weight is 590 g/mol. The minimum absolute atomic E-state index is 0.0615. The number of aliphatic hydroxyl groups excluding tert-OH is 2. The van der Waals surface area contributed by atoms with Crippen LogP contribution in [0.4, 0.5) is 5.82 Å². The molecule has 4 saturated carbocycles. The summed E-state index contributed by atoms with van der Waals surface area (Å²) in [5.74, 6) is 3.79. The van der Waals surface area contributed by atoms with Gasteiger partial charge in [-0.2, -0.15) is 5.10 Å². The number of aryl methyl sites for hydroxylation is 1. The third-order valence-electron chi connectivity index (χ3n) is 13.0. The number of hydrogen-bond acceptors (Lipinski definition) is 6. The highest BCUT2D eigenvalue weighted by molar-refractivity contribution is 7.91. The van der Waals surface area contributed by atoms with Gasteiger partial charge < -0.3 is 15.5 Å². The SMILES string of the molecule is Cc1cc(NC(=O)CC[C@@H](C)[C@H]2CC[C@H]3[C@@H]4CC[C@@H]5C[C@H](O)CC[C@]5(C)[C@H]4C[C@H](O)[C@]23C)n([C@H]2CCS(=O)(=O)C2)n1. The Balaban J connectivity index is 1.10. The molecule has 0 unspecified atom stereocenters. The number of aromatic nitrogens is 2. The normalized spacial score (nSPS) is 44.0. The first-order valence-electron chi connectivity index (χ1n) is 16.2. The largest absolute Gasteiger partial charge is 0.393 e. The van der Waals surface area contributed by atoms with E-state index >= 15 is 0 Å². The topological polar surface area (TPSA) is 122 Å². The quantitative estimate of drug-likeness (QED) is 0.434. The molecule has 1 aliphatic heterocycles. The first-order valence-corrected chi connectivity index (χ1v) is 18.1. The van der Waals surface area contributed by atoms with Gasteiger partial charge in [0.05, 0.1) is 35.4 Å². The molecule has 3 N–H and O–H groups in total. The Labute approximate surface area is 246 Å². The Morgan fingerprint density at radius 1 is 1.12 bits per heavy atom. The van der Waals surface area contributed by atoms with Crippen LogP contribution in [-0.2, 0) is 14.6 Å². The van der Waals surface area contributed by atoms with Gasteiger partial charge >= 0.3 is 0 Å². The van der Waals surface area contributed by atoms with Crippen LogP contribution in [0.15, 0.2) is 6.07 Å². The Kier molecular flexibility index (Phi) is 7.67. The fraction of sp³-hybridized carbons (Fsp3) is 0.875. The Morgan fingerprint density at radius 2 is 1.90 bits per heavy atom. The molecule has 4 aliphatic carbocycles. The van der Waals surface area contributed by atoms with Crippen molar-refractivity contribution < 1.29 is 23.4 Å². The fourth-order valence-corrected chi connectivity index (χ4v) is 12.5. The second kappa shape index (κ2) is 10.6. The number of carbonyl (C=O) groups excluding carboxylic acids is 1. The van der Waals surface area contributed by atoms with Crippen molar-refractivity contribution >= 4 is 21.6 Å². The molecule has 11 atom stereocenters. The van der Waals surface area contributed by atoms with Crippen LogP contribution in [0, 0.1) is 53.3 Å². The Hall–Kier alpha value is -1.45. The molecule has 5 fully saturated rings. The van der Waals surface area contributed by atoms with Crippen molar-refractivity contribution in [1.29, 1.82) is 0 Å². The summed E-state index contributed by atoms with van der Waals surface area (Å²) in [4.78, 5) is 13.1. The number of carbonyl (C=O) groups is 1. The van der Waals surface area contributed by atoms with E-state index in [2.05, 4.69) is 31.2 Å². The standard InChI is InChI=1S/C32H51N3O5S/c1-19(5-10-30(38)33-29-15-20(2)34-35(29)22-12-14-41(39,40)18-22)25-8-9-26-24-7-6-21-16-23(36)11-13-31(21,3)27(24)17-28(37)32(25,26)4/h15,19,21-28,36-37H,5-14,16-18H2,1-4H3,(H,33,38)/t19-,21-,22+,23-,24+,25-,26+,27+,28+,31+,32-/m1/s1. The predicted molar refractivity (Wildman–Crippen MR) is 159 cm³/mol. The molecular weight excluding hydrogens is 538 g/mol. The lowest BCUT2D eigenvalue weighted by molar-refractivity contribution is -0.174. The van der Waals surface area contributed by atoms with E-state index in [0.29, 0.717) is 54.2 Å². The van der Waals surface area contributed by atoms with Gasteiger partial charge in [0.1, 0.15) is 5.82 Å². The summed E-state index contributed by atoms with van der Waals surface area (Å²) in [5, 5.41) is 29.7. The second-order valence-electron chi connectivity index (χ2n) is 15.1. The number of anilines is 1. The number of rotatable bonds is 6. The number of hydrogen-bond donors (Lipinski definition) is 3. The molecule has 1 aromatic heterocycles. The van der Waals surface area contributed by atoms with Crippen molar-refractivity contribution in [3.63, 3.8) is 0 Å². The number of amides is 1. The molecule has 5 aliphatic rings. The number of fused-ring (bicyclic) bond motifs is 5. The zero-order valence-electron chi connectivity index (χ0n) is 25.4. The maximum absolute atomic E-state index is 13.1. The fourth-order valence-electron chi connectivity index (χ4n) is 10.8. The molecule has 0 aromatic carbocycles. The molecular formula is C32H51N3O5S. The number of nitrogens with one attached hydrogen (secondary N) is 1. The van der Waals surface area contributed by atoms with E-state index < -0.39 is 9.84 Å². The molecule has 1 aromatic rings. The van der Waals surface area contributed by atoms with Crippen LogP contribution in [0.5, 0.6) is 0 Å². The van der Waals surface area contributed by atoms with Crippen molar-refractivity contribution in [2.75, 3.05) is 16.8 Å². The van der Waals surface area contributed by atoms with Crippen LogP contribution in [0.3, 0.4) is 0 Å². The van der Waals surface area contributed by atoms with Gasteiger partial charge in [0.2, 0.25) is 5.91 Å². The minimum Gasteiger partial charge on any atom is -0.393 e. The lowest BCUT2D eigenvalue weighted by atomic mass is 9.43. The molecule has 0 spiro atoms. The van der Waals surface area contributed by atoms with Gasteiger partial charge in [-0.25, -0.2) is 13.1 Å². The molecule has 6 rings (SSSR count). The number of aliphatic hydroxyl groups is 2. The van der Waals surface area contributed by atoms with E-state index in [-0.39, 0.29) is 46.5 Å². The Morgan fingerprint density at radius 3 is 2.63 bits per heavy atom. The van der Waals surface area contributed by atoms with Gasteiger partial charge in [-0.15, -0.1) is 0 Å². The minimum atomic E-state index is -3.05. The van der Waals surface area contributed by atoms with Crippen LogP contribution in [0.1, 0.15) is 103 Å². The summed E-state index contributed by atoms with van der Waals surface area (Å²) < 4.78 is 25.7. The molecule has 41 heavy (non-hydrogen) atoms. The van der Waals surface area contributed by atoms with Crippen LogP contribution >= 0.6 is 0 Å². The lowest BCUT2D eigenvalue weighted by Crippen LogP contribution is -2.58. The monoisotopic (exact) mass is 589 g/mol. The van der Waals surface area contributed by atoms with Gasteiger partial charge in [-0.3, -0.25) is 4.79 Å². The predicted octanol–water partition coefficient (Wildman–Crippen LogP) is 4.90. The maximum Gasteiger partial charge on any atom is 0.225 e. The van der Waals surface area contributed by atoms with Crippen molar-refractivity contribution in [1.82, 2.24) is 9.78 Å².